The highest BCUT2D eigenvalue weighted by Crippen LogP contribution is 2.43. The Morgan fingerprint density at radius 3 is 0.800 bits per heavy atom. The maximum atomic E-state index is 4.93. The maximum Gasteiger partial charge on any atom is 0.0892 e. The van der Waals surface area contributed by atoms with Crippen LogP contribution in [0.5, 0.6) is 0 Å². The quantitative estimate of drug-likeness (QED) is 0.129. The summed E-state index contributed by atoms with van der Waals surface area (Å²) in [6, 6.07) is 118. The van der Waals surface area contributed by atoms with Crippen LogP contribution >= 0.6 is 0 Å². The third-order valence-electron chi connectivity index (χ3n) is 20.2. The predicted molar refractivity (Wildman–Crippen MR) is 413 cm³/mol. The van der Waals surface area contributed by atoms with E-state index in [-0.39, 0.29) is 0 Å². The minimum absolute atomic E-state index is 0.810. The molecule has 0 radical (unpaired) electrons. The fourth-order valence-electron chi connectivity index (χ4n) is 15.5. The van der Waals surface area contributed by atoms with Crippen molar-refractivity contribution in [3.05, 3.63) is 352 Å². The van der Waals surface area contributed by atoms with Crippen molar-refractivity contribution in [3.8, 4) is 101 Å². The third-order valence-corrected chi connectivity index (χ3v) is 20.2. The van der Waals surface area contributed by atoms with Gasteiger partial charge in [0.05, 0.1) is 66.9 Å². The Kier molecular flexibility index (Phi) is 13.1. The molecule has 0 amide bonds. The van der Waals surface area contributed by atoms with E-state index in [1.807, 2.05) is 24.8 Å². The summed E-state index contributed by atoms with van der Waals surface area (Å²) in [7, 11) is 0. The molecule has 8 heterocycles. The first-order valence-electron chi connectivity index (χ1n) is 33.9. The topological polar surface area (TPSA) is 71.3 Å². The Hall–Kier alpha value is -13.6. The summed E-state index contributed by atoms with van der Waals surface area (Å²) in [5, 5.41) is 9.61. The molecule has 0 aliphatic rings. The molecule has 0 N–H and O–H groups in total. The van der Waals surface area contributed by atoms with Crippen molar-refractivity contribution in [1.29, 1.82) is 0 Å². The van der Waals surface area contributed by atoms with Crippen LogP contribution in [-0.4, -0.2) is 38.2 Å². The molecular formula is C92H58N8. The van der Waals surface area contributed by atoms with E-state index in [9.17, 15) is 0 Å². The van der Waals surface area contributed by atoms with Gasteiger partial charge in [-0.2, -0.15) is 0 Å². The lowest BCUT2D eigenvalue weighted by Crippen LogP contribution is -1.95. The van der Waals surface area contributed by atoms with Gasteiger partial charge in [0.15, 0.2) is 0 Å². The molecule has 8 nitrogen and oxygen atoms in total. The van der Waals surface area contributed by atoms with Crippen molar-refractivity contribution in [2.45, 2.75) is 0 Å². The van der Waals surface area contributed by atoms with Crippen LogP contribution in [-0.2, 0) is 0 Å². The van der Waals surface area contributed by atoms with Gasteiger partial charge in [0.1, 0.15) is 0 Å². The molecule has 0 bridgehead atoms. The van der Waals surface area contributed by atoms with Gasteiger partial charge in [0.25, 0.3) is 0 Å². The molecule has 0 saturated carbocycles. The van der Waals surface area contributed by atoms with Gasteiger partial charge in [0, 0.05) is 90.6 Å². The summed E-state index contributed by atoms with van der Waals surface area (Å²) in [6.07, 6.45) is 7.61. The second-order valence-corrected chi connectivity index (χ2v) is 25.8. The van der Waals surface area contributed by atoms with Gasteiger partial charge in [0.2, 0.25) is 0 Å². The van der Waals surface area contributed by atoms with Crippen LogP contribution in [0.15, 0.2) is 352 Å². The molecule has 20 rings (SSSR count). The zero-order chi connectivity index (χ0) is 65.8. The zero-order valence-corrected chi connectivity index (χ0v) is 54.1. The molecule has 0 aliphatic carbocycles. The number of nitrogens with zero attached hydrogens (tertiary/aromatic N) is 8. The summed E-state index contributed by atoms with van der Waals surface area (Å²) in [5.74, 6) is 0. The minimum atomic E-state index is 0.810. The summed E-state index contributed by atoms with van der Waals surface area (Å²) >= 11 is 0. The lowest BCUT2D eigenvalue weighted by atomic mass is 10.00. The largest absolute Gasteiger partial charge is 0.309 e. The van der Waals surface area contributed by atoms with E-state index in [1.165, 1.54) is 59.6 Å². The van der Waals surface area contributed by atoms with Crippen LogP contribution in [0.3, 0.4) is 0 Å². The fraction of sp³-hybridized carbons (Fsp3) is 0. The lowest BCUT2D eigenvalue weighted by molar-refractivity contribution is 1.18. The van der Waals surface area contributed by atoms with Crippen molar-refractivity contribution in [2.24, 2.45) is 0 Å². The molecule has 466 valence electrons. The normalized spacial score (nSPS) is 11.8. The van der Waals surface area contributed by atoms with Crippen molar-refractivity contribution >= 4 is 87.2 Å². The number of aromatic nitrogens is 8. The molecule has 8 heteroatoms. The van der Waals surface area contributed by atoms with E-state index in [0.29, 0.717) is 0 Å². The average Bonchev–Trinajstić information content (AvgIpc) is 1.60. The number of para-hydroxylation sites is 6. The van der Waals surface area contributed by atoms with Crippen molar-refractivity contribution in [1.82, 2.24) is 38.2 Å². The fourth-order valence-corrected chi connectivity index (χ4v) is 15.5. The Labute approximate surface area is 575 Å². The van der Waals surface area contributed by atoms with Gasteiger partial charge in [-0.15, -0.1) is 0 Å². The number of benzene rings is 12. The minimum Gasteiger partial charge on any atom is -0.309 e. The molecule has 0 saturated heterocycles. The number of fused-ring (bicyclic) bond motifs is 12. The van der Waals surface area contributed by atoms with Crippen molar-refractivity contribution < 1.29 is 0 Å². The Morgan fingerprint density at radius 1 is 0.150 bits per heavy atom. The number of rotatable bonds is 11. The van der Waals surface area contributed by atoms with E-state index in [1.54, 1.807) is 0 Å². The van der Waals surface area contributed by atoms with Crippen LogP contribution in [0.1, 0.15) is 0 Å². The average molecular weight is 1280 g/mol. The third kappa shape index (κ3) is 9.37. The molecular weight excluding hydrogens is 1220 g/mol. The second kappa shape index (κ2) is 23.1. The smallest absolute Gasteiger partial charge is 0.0892 e. The lowest BCUT2D eigenvalue weighted by Gasteiger charge is -2.12. The van der Waals surface area contributed by atoms with E-state index >= 15 is 0 Å². The molecule has 12 aromatic carbocycles. The van der Waals surface area contributed by atoms with Crippen LogP contribution in [0, 0.1) is 0 Å². The number of pyridine rings is 4. The Bertz CT molecular complexity index is 6650. The summed E-state index contributed by atoms with van der Waals surface area (Å²) in [5.41, 5.74) is 27.9. The van der Waals surface area contributed by atoms with Crippen molar-refractivity contribution in [3.63, 3.8) is 0 Å². The summed E-state index contributed by atoms with van der Waals surface area (Å²) in [6.45, 7) is 0. The number of hydrogen-bond acceptors (Lipinski definition) is 4. The van der Waals surface area contributed by atoms with Gasteiger partial charge in [-0.3, -0.25) is 19.9 Å². The molecule has 100 heavy (non-hydrogen) atoms. The van der Waals surface area contributed by atoms with Gasteiger partial charge in [-0.05, 0) is 213 Å². The van der Waals surface area contributed by atoms with Gasteiger partial charge in [-0.1, -0.05) is 170 Å². The molecule has 0 unspecified atom stereocenters. The van der Waals surface area contributed by atoms with Gasteiger partial charge in [-0.25, -0.2) is 0 Å². The summed E-state index contributed by atoms with van der Waals surface area (Å²) < 4.78 is 9.54. The maximum absolute atomic E-state index is 4.93. The molecule has 0 fully saturated rings. The SMILES string of the molecule is c1ccc(-n2c3ccccc3c3cc(-c4ccnc(-c5cc(-c6ccc7c(c6)c6ccc(-c8cccc(-n9c%10ccccc%10c%10ccc(-c%11ccnc(-c%12cc(-c%13ccc%14c%15ccccc%15n(-c%15ccccc%15)c%14c%13)ccn%12)c%11)cc%109)c8)cc6n7-c6ccccc6)ccn5)c4)ccc32)cc1. The molecule has 20 aromatic rings. The monoisotopic (exact) mass is 1270 g/mol. The van der Waals surface area contributed by atoms with Gasteiger partial charge < -0.3 is 18.3 Å². The highest BCUT2D eigenvalue weighted by atomic mass is 15.0. The van der Waals surface area contributed by atoms with E-state index in [4.69, 9.17) is 19.9 Å². The molecule has 8 aromatic heterocycles. The zero-order valence-electron chi connectivity index (χ0n) is 54.1. The Balaban J connectivity index is 0.630. The highest BCUT2D eigenvalue weighted by molar-refractivity contribution is 6.14. The summed E-state index contributed by atoms with van der Waals surface area (Å²) in [4.78, 5) is 19.7. The van der Waals surface area contributed by atoms with E-state index < -0.39 is 0 Å². The molecule has 0 aliphatic heterocycles. The molecule has 0 spiro atoms. The van der Waals surface area contributed by atoms with Gasteiger partial charge >= 0.3 is 0 Å². The van der Waals surface area contributed by atoms with Crippen LogP contribution in [0.2, 0.25) is 0 Å². The second-order valence-electron chi connectivity index (χ2n) is 25.8. The predicted octanol–water partition coefficient (Wildman–Crippen LogP) is 23.3. The van der Waals surface area contributed by atoms with Crippen LogP contribution < -0.4 is 0 Å². The first-order valence-corrected chi connectivity index (χ1v) is 33.9. The Morgan fingerprint density at radius 2 is 0.410 bits per heavy atom. The number of hydrogen-bond donors (Lipinski definition) is 0. The highest BCUT2D eigenvalue weighted by Gasteiger charge is 2.21. The van der Waals surface area contributed by atoms with Crippen LogP contribution in [0.4, 0.5) is 0 Å². The van der Waals surface area contributed by atoms with Crippen LogP contribution in [0.25, 0.3) is 188 Å². The first kappa shape index (κ1) is 56.8. The van der Waals surface area contributed by atoms with Crippen molar-refractivity contribution in [2.75, 3.05) is 0 Å². The van der Waals surface area contributed by atoms with E-state index in [0.717, 1.165) is 129 Å². The first-order chi connectivity index (χ1) is 49.6. The standard InChI is InChI=1S/C92H58N8/c1-4-18-69(19-5-1)97-87-30-15-12-27-75(87)79-50-60(34-39-88(79)97)65-41-45-93-81(52-65)82-53-66(42-46-94-82)61-35-40-89-80(51-61)78-38-33-62(56-92(78)99(89)71-22-8-3-9-23-71)59-17-16-24-72(49-59)100-86-29-14-11-26-74(86)77-37-32-64(58-91(77)100)68-44-48-96-84(55-68)83-54-67(43-47-95-83)63-31-36-76-73-25-10-13-28-85(73)98(90(76)57-63)70-20-6-2-7-21-70/h1-58H. The molecule has 0 atom stereocenters. The van der Waals surface area contributed by atoms with E-state index in [2.05, 4.69) is 346 Å².